The number of carboxylic acids is 1. The molecule has 1 aromatic heterocycles. The fourth-order valence-electron chi connectivity index (χ4n) is 1.15. The summed E-state index contributed by atoms with van der Waals surface area (Å²) >= 11 is 0.940. The number of methoxy groups -OCH3 is 1. The second-order valence-corrected chi connectivity index (χ2v) is 6.35. The lowest BCUT2D eigenvalue weighted by atomic mass is 10.2. The number of carboxylic acid groups (broad SMARTS) is 1. The summed E-state index contributed by atoms with van der Waals surface area (Å²) in [6, 6.07) is 1.27. The van der Waals surface area contributed by atoms with Crippen LogP contribution in [0.25, 0.3) is 0 Å². The van der Waals surface area contributed by atoms with Crippen molar-refractivity contribution in [3.8, 4) is 0 Å². The molecule has 0 aliphatic carbocycles. The quantitative estimate of drug-likeness (QED) is 0.742. The number of rotatable bonds is 6. The fraction of sp³-hybridized carbons (Fsp3) is 0.400. The molecule has 0 aliphatic rings. The first-order chi connectivity index (χ1) is 8.79. The van der Waals surface area contributed by atoms with E-state index in [0.29, 0.717) is 0 Å². The summed E-state index contributed by atoms with van der Waals surface area (Å²) in [7, 11) is -2.78. The Morgan fingerprint density at radius 3 is 2.68 bits per heavy atom. The molecule has 1 aromatic rings. The van der Waals surface area contributed by atoms with Crippen LogP contribution in [0.4, 0.5) is 0 Å². The highest BCUT2D eigenvalue weighted by Crippen LogP contribution is 2.22. The van der Waals surface area contributed by atoms with Crippen molar-refractivity contribution in [2.75, 3.05) is 13.7 Å². The van der Waals surface area contributed by atoms with Crippen LogP contribution in [0.5, 0.6) is 0 Å². The third-order valence-corrected chi connectivity index (χ3v) is 4.78. The number of nitrogens with one attached hydrogen (secondary N) is 1. The van der Waals surface area contributed by atoms with Crippen LogP contribution in [0.1, 0.15) is 16.6 Å². The molecule has 1 rings (SSSR count). The van der Waals surface area contributed by atoms with E-state index in [9.17, 15) is 18.0 Å². The van der Waals surface area contributed by atoms with Crippen LogP contribution in [0.3, 0.4) is 0 Å². The Labute approximate surface area is 114 Å². The van der Waals surface area contributed by atoms with Crippen LogP contribution in [0.2, 0.25) is 0 Å². The summed E-state index contributed by atoms with van der Waals surface area (Å²) in [5.74, 6) is -2.72. The van der Waals surface area contributed by atoms with Crippen molar-refractivity contribution in [3.05, 3.63) is 16.3 Å². The summed E-state index contributed by atoms with van der Waals surface area (Å²) in [5.41, 5.74) is 0. The lowest BCUT2D eigenvalue weighted by Crippen LogP contribution is -2.32. The van der Waals surface area contributed by atoms with E-state index in [4.69, 9.17) is 5.11 Å². The molecule has 1 heterocycles. The maximum absolute atomic E-state index is 12.0. The van der Waals surface area contributed by atoms with Gasteiger partial charge in [0.05, 0.1) is 13.0 Å². The minimum absolute atomic E-state index is 0.0435. The molecular weight excluding hydrogens is 294 g/mol. The molecule has 2 N–H and O–H groups in total. The number of hydrogen-bond donors (Lipinski definition) is 2. The van der Waals surface area contributed by atoms with E-state index >= 15 is 0 Å². The number of ether oxygens (including phenoxy) is 1. The van der Waals surface area contributed by atoms with E-state index in [1.165, 1.54) is 18.4 Å². The molecule has 1 unspecified atom stereocenters. The van der Waals surface area contributed by atoms with Gasteiger partial charge in [-0.25, -0.2) is 17.9 Å². The first-order valence-corrected chi connectivity index (χ1v) is 7.54. The van der Waals surface area contributed by atoms with Gasteiger partial charge in [-0.1, -0.05) is 6.92 Å². The van der Waals surface area contributed by atoms with E-state index in [1.54, 1.807) is 0 Å². The molecule has 1 atom stereocenters. The highest BCUT2D eigenvalue weighted by molar-refractivity contribution is 7.89. The van der Waals surface area contributed by atoms with Crippen molar-refractivity contribution in [2.45, 2.75) is 11.8 Å². The van der Waals surface area contributed by atoms with Gasteiger partial charge >= 0.3 is 11.9 Å². The normalized spacial score (nSPS) is 12.9. The van der Waals surface area contributed by atoms with Crippen LogP contribution < -0.4 is 4.72 Å². The maximum atomic E-state index is 12.0. The van der Waals surface area contributed by atoms with Crippen molar-refractivity contribution in [1.82, 2.24) is 4.72 Å². The first-order valence-electron chi connectivity index (χ1n) is 5.18. The molecule has 19 heavy (non-hydrogen) atoms. The molecular formula is C10H13NO6S2. The van der Waals surface area contributed by atoms with Crippen LogP contribution in [0, 0.1) is 5.92 Å². The molecule has 9 heteroatoms. The minimum atomic E-state index is -3.94. The molecule has 0 spiro atoms. The summed E-state index contributed by atoms with van der Waals surface area (Å²) in [6.45, 7) is 1.12. The van der Waals surface area contributed by atoms with Gasteiger partial charge in [0.2, 0.25) is 10.0 Å². The highest BCUT2D eigenvalue weighted by Gasteiger charge is 2.25. The standard InChI is InChI=1S/C10H13NO6S2/c1-6(9(12)13)5-11-19(15,16)7-3-4-18-8(7)10(14)17-2/h3-4,6,11H,5H2,1-2H3,(H,12,13). The summed E-state index contributed by atoms with van der Waals surface area (Å²) in [4.78, 5) is 21.8. The Morgan fingerprint density at radius 2 is 2.16 bits per heavy atom. The van der Waals surface area contributed by atoms with Crippen molar-refractivity contribution in [1.29, 1.82) is 0 Å². The number of sulfonamides is 1. The average molecular weight is 307 g/mol. The molecule has 0 bridgehead atoms. The monoisotopic (exact) mass is 307 g/mol. The second-order valence-electron chi connectivity index (χ2n) is 3.70. The smallest absolute Gasteiger partial charge is 0.349 e. The largest absolute Gasteiger partial charge is 0.481 e. The third-order valence-electron chi connectivity index (χ3n) is 2.29. The summed E-state index contributed by atoms with van der Waals surface area (Å²) in [5, 5.41) is 10.1. The van der Waals surface area contributed by atoms with Crippen molar-refractivity contribution in [2.24, 2.45) is 5.92 Å². The van der Waals surface area contributed by atoms with E-state index in [1.807, 2.05) is 0 Å². The Bertz CT molecular complexity index is 577. The molecule has 106 valence electrons. The number of carbonyl (C=O) groups excluding carboxylic acids is 1. The van der Waals surface area contributed by atoms with Crippen LogP contribution >= 0.6 is 11.3 Å². The molecule has 7 nitrogen and oxygen atoms in total. The maximum Gasteiger partial charge on any atom is 0.349 e. The Morgan fingerprint density at radius 1 is 1.53 bits per heavy atom. The predicted molar refractivity (Wildman–Crippen MR) is 67.6 cm³/mol. The molecule has 0 radical (unpaired) electrons. The Balaban J connectivity index is 2.93. The topological polar surface area (TPSA) is 110 Å². The van der Waals surface area contributed by atoms with E-state index in [-0.39, 0.29) is 16.3 Å². The number of esters is 1. The van der Waals surface area contributed by atoms with Gasteiger partial charge < -0.3 is 9.84 Å². The zero-order valence-electron chi connectivity index (χ0n) is 10.2. The number of hydrogen-bond acceptors (Lipinski definition) is 6. The molecule has 0 saturated carbocycles. The molecule has 0 saturated heterocycles. The molecule has 0 aromatic carbocycles. The zero-order chi connectivity index (χ0) is 14.6. The second kappa shape index (κ2) is 6.13. The lowest BCUT2D eigenvalue weighted by Gasteiger charge is -2.09. The molecule has 0 aliphatic heterocycles. The predicted octanol–water partition coefficient (Wildman–Crippen LogP) is 0.534. The van der Waals surface area contributed by atoms with Gasteiger partial charge in [-0.15, -0.1) is 11.3 Å². The fourth-order valence-corrected chi connectivity index (χ4v) is 3.61. The van der Waals surface area contributed by atoms with Crippen molar-refractivity contribution >= 4 is 33.3 Å². The van der Waals surface area contributed by atoms with Gasteiger partial charge in [0.15, 0.2) is 0 Å². The first kappa shape index (κ1) is 15.6. The van der Waals surface area contributed by atoms with Crippen molar-refractivity contribution in [3.63, 3.8) is 0 Å². The Kier molecular flexibility index (Phi) is 5.04. The van der Waals surface area contributed by atoms with E-state index < -0.39 is 27.9 Å². The SMILES string of the molecule is COC(=O)c1sccc1S(=O)(=O)NCC(C)C(=O)O. The molecule has 0 amide bonds. The summed E-state index contributed by atoms with van der Waals surface area (Å²) in [6.07, 6.45) is 0. The van der Waals surface area contributed by atoms with E-state index in [2.05, 4.69) is 9.46 Å². The molecule has 0 fully saturated rings. The van der Waals surface area contributed by atoms with Gasteiger partial charge in [0, 0.05) is 6.54 Å². The van der Waals surface area contributed by atoms with Crippen LogP contribution in [-0.4, -0.2) is 39.1 Å². The number of thiophene rings is 1. The van der Waals surface area contributed by atoms with Crippen LogP contribution in [-0.2, 0) is 19.6 Å². The number of carbonyl (C=O) groups is 2. The van der Waals surface area contributed by atoms with Gasteiger partial charge in [0.1, 0.15) is 9.77 Å². The average Bonchev–Trinajstić information content (AvgIpc) is 2.84. The third kappa shape index (κ3) is 3.75. The minimum Gasteiger partial charge on any atom is -0.481 e. The number of aliphatic carboxylic acids is 1. The van der Waals surface area contributed by atoms with Crippen LogP contribution in [0.15, 0.2) is 16.3 Å². The zero-order valence-corrected chi connectivity index (χ0v) is 11.9. The van der Waals surface area contributed by atoms with Gasteiger partial charge in [0.25, 0.3) is 0 Å². The van der Waals surface area contributed by atoms with Crippen molar-refractivity contribution < 1.29 is 27.9 Å². The summed E-state index contributed by atoms with van der Waals surface area (Å²) < 4.78 is 30.5. The highest BCUT2D eigenvalue weighted by atomic mass is 32.2. The van der Waals surface area contributed by atoms with Gasteiger partial charge in [-0.2, -0.15) is 0 Å². The van der Waals surface area contributed by atoms with Gasteiger partial charge in [-0.05, 0) is 11.4 Å². The van der Waals surface area contributed by atoms with E-state index in [0.717, 1.165) is 18.4 Å². The Hall–Kier alpha value is -1.45. The lowest BCUT2D eigenvalue weighted by molar-refractivity contribution is -0.140. The van der Waals surface area contributed by atoms with Gasteiger partial charge in [-0.3, -0.25) is 4.79 Å².